The molecule has 0 fully saturated rings. The van der Waals surface area contributed by atoms with Crippen LogP contribution < -0.4 is 4.80 Å². The first-order valence-electron chi connectivity index (χ1n) is 9.29. The number of aryl methyl sites for hydroxylation is 2. The highest BCUT2D eigenvalue weighted by Gasteiger charge is 2.19. The van der Waals surface area contributed by atoms with Crippen LogP contribution in [0.1, 0.15) is 35.3 Å². The number of benzene rings is 2. The first-order chi connectivity index (χ1) is 13.6. The number of hydrogen-bond donors (Lipinski definition) is 0. The second-order valence-corrected chi connectivity index (χ2v) is 10.7. The Morgan fingerprint density at radius 2 is 1.79 bits per heavy atom. The van der Waals surface area contributed by atoms with Crippen molar-refractivity contribution in [3.05, 3.63) is 70.5 Å². The van der Waals surface area contributed by atoms with Gasteiger partial charge in [0.2, 0.25) is 0 Å². The van der Waals surface area contributed by atoms with E-state index >= 15 is 0 Å². The lowest BCUT2D eigenvalue weighted by atomic mass is 10.1. The fourth-order valence-corrected chi connectivity index (χ4v) is 5.10. The summed E-state index contributed by atoms with van der Waals surface area (Å²) in [7, 11) is -3.37. The van der Waals surface area contributed by atoms with Crippen LogP contribution in [0, 0.1) is 13.8 Å². The van der Waals surface area contributed by atoms with Gasteiger partial charge in [-0.25, -0.2) is 8.42 Å². The summed E-state index contributed by atoms with van der Waals surface area (Å²) in [6.07, 6.45) is 1.77. The number of aromatic nitrogens is 1. The van der Waals surface area contributed by atoms with Crippen LogP contribution in [0.15, 0.2) is 58.9 Å². The van der Waals surface area contributed by atoms with E-state index in [9.17, 15) is 13.2 Å². The van der Waals surface area contributed by atoms with E-state index < -0.39 is 21.0 Å². The Labute approximate surface area is 175 Å². The van der Waals surface area contributed by atoms with E-state index in [1.54, 1.807) is 19.9 Å². The van der Waals surface area contributed by atoms with Gasteiger partial charge < -0.3 is 4.57 Å². The van der Waals surface area contributed by atoms with Gasteiger partial charge in [0, 0.05) is 12.1 Å². The van der Waals surface area contributed by atoms with Crippen molar-refractivity contribution >= 4 is 37.3 Å². The zero-order valence-electron chi connectivity index (χ0n) is 17.0. The number of fused-ring (bicyclic) bond motifs is 1. The van der Waals surface area contributed by atoms with Gasteiger partial charge in [-0.15, -0.1) is 6.58 Å². The Balaban J connectivity index is 2.06. The molecule has 3 rings (SSSR count). The van der Waals surface area contributed by atoms with Crippen molar-refractivity contribution in [2.45, 2.75) is 44.4 Å². The smallest absolute Gasteiger partial charge is 0.279 e. The summed E-state index contributed by atoms with van der Waals surface area (Å²) in [5.41, 5.74) is 3.72. The van der Waals surface area contributed by atoms with Gasteiger partial charge in [0.1, 0.15) is 0 Å². The third kappa shape index (κ3) is 4.11. The van der Waals surface area contributed by atoms with Crippen molar-refractivity contribution in [3.8, 4) is 0 Å². The van der Waals surface area contributed by atoms with Gasteiger partial charge in [-0.2, -0.15) is 4.99 Å². The monoisotopic (exact) mass is 428 g/mol. The van der Waals surface area contributed by atoms with Crippen molar-refractivity contribution in [1.82, 2.24) is 4.57 Å². The largest absolute Gasteiger partial charge is 0.312 e. The zero-order chi connectivity index (χ0) is 21.3. The molecule has 5 nitrogen and oxygen atoms in total. The first-order valence-corrected chi connectivity index (χ1v) is 11.7. The van der Waals surface area contributed by atoms with Gasteiger partial charge in [-0.3, -0.25) is 4.79 Å². The molecule has 0 N–H and O–H groups in total. The maximum atomic E-state index is 12.7. The summed E-state index contributed by atoms with van der Waals surface area (Å²) < 4.78 is 27.5. The van der Waals surface area contributed by atoms with Crippen LogP contribution >= 0.6 is 11.3 Å². The number of sulfone groups is 1. The number of carbonyl (C=O) groups is 1. The molecule has 2 aromatic carbocycles. The van der Waals surface area contributed by atoms with Crippen LogP contribution in [0.2, 0.25) is 0 Å². The highest BCUT2D eigenvalue weighted by Crippen LogP contribution is 2.22. The number of allylic oxidation sites excluding steroid dienone is 1. The maximum absolute atomic E-state index is 12.7. The summed E-state index contributed by atoms with van der Waals surface area (Å²) in [6.45, 7) is 11.7. The van der Waals surface area contributed by atoms with Crippen LogP contribution in [-0.4, -0.2) is 24.1 Å². The van der Waals surface area contributed by atoms with Crippen molar-refractivity contribution in [2.24, 2.45) is 4.99 Å². The first kappa shape index (κ1) is 21.2. The Kier molecular flexibility index (Phi) is 5.91. The molecule has 1 amide bonds. The van der Waals surface area contributed by atoms with Crippen molar-refractivity contribution in [2.75, 3.05) is 0 Å². The van der Waals surface area contributed by atoms with Crippen LogP contribution in [0.3, 0.4) is 0 Å². The third-order valence-corrected chi connectivity index (χ3v) is 8.07. The second-order valence-electron chi connectivity index (χ2n) is 7.22. The van der Waals surface area contributed by atoms with Crippen LogP contribution in [0.5, 0.6) is 0 Å². The van der Waals surface area contributed by atoms with Gasteiger partial charge in [0.15, 0.2) is 14.6 Å². The Morgan fingerprint density at radius 3 is 2.38 bits per heavy atom. The molecule has 29 heavy (non-hydrogen) atoms. The molecular weight excluding hydrogens is 404 g/mol. The van der Waals surface area contributed by atoms with E-state index in [0.29, 0.717) is 16.9 Å². The van der Waals surface area contributed by atoms with Crippen LogP contribution in [0.25, 0.3) is 10.2 Å². The molecule has 0 atom stereocenters. The fourth-order valence-electron chi connectivity index (χ4n) is 2.92. The lowest BCUT2D eigenvalue weighted by Crippen LogP contribution is -2.16. The predicted molar refractivity (Wildman–Crippen MR) is 118 cm³/mol. The zero-order valence-corrected chi connectivity index (χ0v) is 18.6. The molecule has 0 radical (unpaired) electrons. The predicted octanol–water partition coefficient (Wildman–Crippen LogP) is 4.43. The SMILES string of the molecule is C=CCn1c(=NC(=O)c2ccc(S(=O)(=O)C(C)C)cc2)sc2cc(C)c(C)cc21. The van der Waals surface area contributed by atoms with Gasteiger partial charge >= 0.3 is 0 Å². The van der Waals surface area contributed by atoms with Crippen molar-refractivity contribution in [1.29, 1.82) is 0 Å². The maximum Gasteiger partial charge on any atom is 0.279 e. The second kappa shape index (κ2) is 8.08. The summed E-state index contributed by atoms with van der Waals surface area (Å²) in [5, 5.41) is -0.517. The number of rotatable bonds is 5. The lowest BCUT2D eigenvalue weighted by Gasteiger charge is -2.07. The van der Waals surface area contributed by atoms with E-state index in [-0.39, 0.29) is 4.90 Å². The molecule has 1 heterocycles. The van der Waals surface area contributed by atoms with E-state index in [1.807, 2.05) is 4.57 Å². The molecular formula is C22H24N2O3S2. The van der Waals surface area contributed by atoms with E-state index in [1.165, 1.54) is 46.7 Å². The minimum absolute atomic E-state index is 0.207. The van der Waals surface area contributed by atoms with E-state index in [0.717, 1.165) is 10.2 Å². The number of carbonyl (C=O) groups excluding carboxylic acids is 1. The van der Waals surface area contributed by atoms with Gasteiger partial charge in [0.25, 0.3) is 5.91 Å². The minimum atomic E-state index is -3.37. The molecule has 7 heteroatoms. The van der Waals surface area contributed by atoms with Crippen LogP contribution in [0.4, 0.5) is 0 Å². The number of amides is 1. The third-order valence-electron chi connectivity index (χ3n) is 4.86. The summed E-state index contributed by atoms with van der Waals surface area (Å²) >= 11 is 1.45. The van der Waals surface area contributed by atoms with Gasteiger partial charge in [-0.1, -0.05) is 17.4 Å². The van der Waals surface area contributed by atoms with Gasteiger partial charge in [-0.05, 0) is 75.2 Å². The normalized spacial score (nSPS) is 12.7. The fraction of sp³-hybridized carbons (Fsp3) is 0.273. The van der Waals surface area contributed by atoms with Crippen molar-refractivity contribution < 1.29 is 13.2 Å². The number of thiazole rings is 1. The lowest BCUT2D eigenvalue weighted by molar-refractivity contribution is 0.0998. The molecule has 0 unspecified atom stereocenters. The molecule has 0 aliphatic rings. The molecule has 0 saturated carbocycles. The quantitative estimate of drug-likeness (QED) is 0.565. The average Bonchev–Trinajstić information content (AvgIpc) is 2.98. The Hall–Kier alpha value is -2.51. The van der Waals surface area contributed by atoms with E-state index in [2.05, 4.69) is 37.6 Å². The van der Waals surface area contributed by atoms with Crippen molar-refractivity contribution in [3.63, 3.8) is 0 Å². The topological polar surface area (TPSA) is 68.5 Å². The molecule has 0 aliphatic heterocycles. The molecule has 152 valence electrons. The Bertz CT molecular complexity index is 1260. The molecule has 0 bridgehead atoms. The molecule has 1 aromatic heterocycles. The van der Waals surface area contributed by atoms with Crippen LogP contribution in [-0.2, 0) is 16.4 Å². The summed E-state index contributed by atoms with van der Waals surface area (Å²) in [5.74, 6) is -0.406. The number of nitrogens with zero attached hydrogens (tertiary/aromatic N) is 2. The summed E-state index contributed by atoms with van der Waals surface area (Å²) in [6, 6.07) is 10.2. The number of hydrogen-bond acceptors (Lipinski definition) is 4. The van der Waals surface area contributed by atoms with E-state index in [4.69, 9.17) is 0 Å². The highest BCUT2D eigenvalue weighted by molar-refractivity contribution is 7.92. The molecule has 0 aliphatic carbocycles. The molecule has 0 saturated heterocycles. The minimum Gasteiger partial charge on any atom is -0.312 e. The Morgan fingerprint density at radius 1 is 1.17 bits per heavy atom. The summed E-state index contributed by atoms with van der Waals surface area (Å²) in [4.78, 5) is 17.8. The molecule has 3 aromatic rings. The standard InChI is InChI=1S/C22H24N2O3S2/c1-6-11-24-19-12-15(4)16(5)13-20(19)28-22(24)23-21(25)17-7-9-18(10-8-17)29(26,27)14(2)3/h6-10,12-14H,1,11H2,2-5H3. The average molecular weight is 429 g/mol. The highest BCUT2D eigenvalue weighted by atomic mass is 32.2. The molecule has 0 spiro atoms. The van der Waals surface area contributed by atoms with Gasteiger partial charge in [0.05, 0.1) is 20.4 Å².